The molecule has 19 heavy (non-hydrogen) atoms. The molecule has 0 bridgehead atoms. The number of benzene rings is 1. The highest BCUT2D eigenvalue weighted by molar-refractivity contribution is 7.80. The Hall–Kier alpha value is -2.21. The first-order chi connectivity index (χ1) is 9.08. The standard InChI is InChI=1S/C13H13N3O2S/c14-13(19)10(9-4-2-1-3-5-9)8-16-12(18)7-6-11(17)15-16/h1-7,10H,8H2,(H2,14,19)(H,15,17). The Bertz CT molecular complexity index is 691. The Labute approximate surface area is 114 Å². The van der Waals surface area contributed by atoms with Crippen molar-refractivity contribution in [1.29, 1.82) is 0 Å². The molecule has 1 atom stereocenters. The van der Waals surface area contributed by atoms with Crippen molar-refractivity contribution in [3.63, 3.8) is 0 Å². The van der Waals surface area contributed by atoms with Gasteiger partial charge in [0.25, 0.3) is 11.1 Å². The van der Waals surface area contributed by atoms with Crippen molar-refractivity contribution in [2.24, 2.45) is 5.73 Å². The van der Waals surface area contributed by atoms with Gasteiger partial charge in [0.05, 0.1) is 17.5 Å². The summed E-state index contributed by atoms with van der Waals surface area (Å²) in [6.45, 7) is 0.217. The van der Waals surface area contributed by atoms with Gasteiger partial charge in [0, 0.05) is 12.1 Å². The molecule has 0 spiro atoms. The summed E-state index contributed by atoms with van der Waals surface area (Å²) in [4.78, 5) is 23.2. The highest BCUT2D eigenvalue weighted by atomic mass is 32.1. The van der Waals surface area contributed by atoms with E-state index in [-0.39, 0.29) is 28.6 Å². The summed E-state index contributed by atoms with van der Waals surface area (Å²) < 4.78 is 1.22. The molecule has 0 saturated carbocycles. The summed E-state index contributed by atoms with van der Waals surface area (Å²) in [6.07, 6.45) is 0. The van der Waals surface area contributed by atoms with Crippen LogP contribution in [0.1, 0.15) is 11.5 Å². The summed E-state index contributed by atoms with van der Waals surface area (Å²) in [5.74, 6) is -0.299. The number of aromatic nitrogens is 2. The van der Waals surface area contributed by atoms with Gasteiger partial charge in [-0.05, 0) is 5.56 Å². The van der Waals surface area contributed by atoms with E-state index < -0.39 is 0 Å². The summed E-state index contributed by atoms with van der Waals surface area (Å²) in [5, 5.41) is 2.46. The number of nitrogens with one attached hydrogen (secondary N) is 1. The Kier molecular flexibility index (Phi) is 3.91. The van der Waals surface area contributed by atoms with Gasteiger partial charge in [0.1, 0.15) is 0 Å². The fraction of sp³-hybridized carbons (Fsp3) is 0.154. The van der Waals surface area contributed by atoms with Gasteiger partial charge < -0.3 is 5.73 Å². The maximum Gasteiger partial charge on any atom is 0.265 e. The zero-order chi connectivity index (χ0) is 13.8. The van der Waals surface area contributed by atoms with Crippen molar-refractivity contribution in [1.82, 2.24) is 9.78 Å². The second-order valence-corrected chi connectivity index (χ2v) is 4.60. The molecule has 0 aliphatic rings. The second-order valence-electron chi connectivity index (χ2n) is 4.12. The monoisotopic (exact) mass is 275 g/mol. The molecule has 1 heterocycles. The van der Waals surface area contributed by atoms with E-state index in [1.807, 2.05) is 30.3 Å². The number of nitrogens with two attached hydrogens (primary N) is 1. The number of rotatable bonds is 4. The largest absolute Gasteiger partial charge is 0.393 e. The molecule has 98 valence electrons. The van der Waals surface area contributed by atoms with Crippen LogP contribution in [-0.4, -0.2) is 14.8 Å². The molecule has 0 aliphatic heterocycles. The van der Waals surface area contributed by atoms with E-state index >= 15 is 0 Å². The maximum atomic E-state index is 11.7. The third kappa shape index (κ3) is 3.17. The van der Waals surface area contributed by atoms with Gasteiger partial charge in [-0.2, -0.15) is 0 Å². The number of nitrogens with zero attached hydrogens (tertiary/aromatic N) is 1. The van der Waals surface area contributed by atoms with Gasteiger partial charge in [0.2, 0.25) is 0 Å². The topological polar surface area (TPSA) is 80.9 Å². The molecule has 5 nitrogen and oxygen atoms in total. The van der Waals surface area contributed by atoms with Gasteiger partial charge in [-0.15, -0.1) is 0 Å². The number of thiocarbonyl (C=S) groups is 1. The average Bonchev–Trinajstić information content (AvgIpc) is 2.40. The number of hydrogen-bond acceptors (Lipinski definition) is 3. The SMILES string of the molecule is NC(=S)C(Cn1[nH]c(=O)ccc1=O)c1ccccc1. The lowest BCUT2D eigenvalue weighted by Crippen LogP contribution is -2.33. The summed E-state index contributed by atoms with van der Waals surface area (Å²) in [6, 6.07) is 11.8. The van der Waals surface area contributed by atoms with Crippen molar-refractivity contribution in [2.75, 3.05) is 0 Å². The molecular weight excluding hydrogens is 262 g/mol. The van der Waals surface area contributed by atoms with Crippen molar-refractivity contribution in [2.45, 2.75) is 12.5 Å². The van der Waals surface area contributed by atoms with Crippen LogP contribution in [0.15, 0.2) is 52.1 Å². The molecule has 0 aliphatic carbocycles. The number of aromatic amines is 1. The van der Waals surface area contributed by atoms with E-state index in [9.17, 15) is 9.59 Å². The quantitative estimate of drug-likeness (QED) is 0.801. The number of hydrogen-bond donors (Lipinski definition) is 2. The van der Waals surface area contributed by atoms with Gasteiger partial charge in [-0.3, -0.25) is 14.7 Å². The minimum atomic E-state index is -0.339. The normalized spacial score (nSPS) is 12.0. The molecule has 0 fully saturated rings. The van der Waals surface area contributed by atoms with Crippen LogP contribution in [0.3, 0.4) is 0 Å². The fourth-order valence-electron chi connectivity index (χ4n) is 1.83. The maximum absolute atomic E-state index is 11.7. The van der Waals surface area contributed by atoms with Crippen LogP contribution in [0.5, 0.6) is 0 Å². The Balaban J connectivity index is 2.37. The molecular formula is C13H13N3O2S. The second kappa shape index (κ2) is 5.62. The highest BCUT2D eigenvalue weighted by Gasteiger charge is 2.16. The van der Waals surface area contributed by atoms with Crippen molar-refractivity contribution in [3.05, 3.63) is 68.7 Å². The molecule has 0 saturated heterocycles. The van der Waals surface area contributed by atoms with E-state index in [1.165, 1.54) is 16.8 Å². The van der Waals surface area contributed by atoms with E-state index in [4.69, 9.17) is 18.0 Å². The summed E-state index contributed by atoms with van der Waals surface area (Å²) in [7, 11) is 0. The zero-order valence-corrected chi connectivity index (χ0v) is 10.9. The van der Waals surface area contributed by atoms with Gasteiger partial charge >= 0.3 is 0 Å². The van der Waals surface area contributed by atoms with Gasteiger partial charge in [0.15, 0.2) is 0 Å². The summed E-state index contributed by atoms with van der Waals surface area (Å²) in [5.41, 5.74) is 6.00. The predicted molar refractivity (Wildman–Crippen MR) is 77.3 cm³/mol. The molecule has 2 rings (SSSR count). The molecule has 1 aromatic heterocycles. The average molecular weight is 275 g/mol. The van der Waals surface area contributed by atoms with Crippen molar-refractivity contribution >= 4 is 17.2 Å². The fourth-order valence-corrected chi connectivity index (χ4v) is 2.04. The lowest BCUT2D eigenvalue weighted by atomic mass is 9.99. The van der Waals surface area contributed by atoms with Crippen molar-refractivity contribution < 1.29 is 0 Å². The molecule has 6 heteroatoms. The number of H-pyrrole nitrogens is 1. The minimum Gasteiger partial charge on any atom is -0.393 e. The van der Waals surface area contributed by atoms with Crippen LogP contribution in [0, 0.1) is 0 Å². The Morgan fingerprint density at radius 2 is 1.89 bits per heavy atom. The van der Waals surface area contributed by atoms with Crippen LogP contribution < -0.4 is 16.9 Å². The van der Waals surface area contributed by atoms with Crippen LogP contribution in [0.2, 0.25) is 0 Å². The molecule has 0 amide bonds. The predicted octanol–water partition coefficient (Wildman–Crippen LogP) is 0.606. The Morgan fingerprint density at radius 1 is 1.21 bits per heavy atom. The van der Waals surface area contributed by atoms with E-state index in [2.05, 4.69) is 5.10 Å². The molecule has 0 radical (unpaired) electrons. The van der Waals surface area contributed by atoms with Gasteiger partial charge in [-0.1, -0.05) is 42.5 Å². The lowest BCUT2D eigenvalue weighted by molar-refractivity contribution is 0.549. The first kappa shape index (κ1) is 13.2. The van der Waals surface area contributed by atoms with Gasteiger partial charge in [-0.25, -0.2) is 4.68 Å². The van der Waals surface area contributed by atoms with Crippen molar-refractivity contribution in [3.8, 4) is 0 Å². The Morgan fingerprint density at radius 3 is 2.53 bits per heavy atom. The van der Waals surface area contributed by atoms with Crippen LogP contribution in [0.25, 0.3) is 0 Å². The lowest BCUT2D eigenvalue weighted by Gasteiger charge is -2.16. The first-order valence-corrected chi connectivity index (χ1v) is 6.13. The highest BCUT2D eigenvalue weighted by Crippen LogP contribution is 2.17. The van der Waals surface area contributed by atoms with E-state index in [0.29, 0.717) is 0 Å². The summed E-state index contributed by atoms with van der Waals surface area (Å²) >= 11 is 5.04. The van der Waals surface area contributed by atoms with Crippen LogP contribution in [-0.2, 0) is 6.54 Å². The zero-order valence-electron chi connectivity index (χ0n) is 10.1. The molecule has 3 N–H and O–H groups in total. The van der Waals surface area contributed by atoms with E-state index in [0.717, 1.165) is 5.56 Å². The van der Waals surface area contributed by atoms with Crippen LogP contribution in [0.4, 0.5) is 0 Å². The third-order valence-electron chi connectivity index (χ3n) is 2.80. The minimum absolute atomic E-state index is 0.217. The molecule has 1 aromatic carbocycles. The molecule has 1 unspecified atom stereocenters. The smallest absolute Gasteiger partial charge is 0.265 e. The van der Waals surface area contributed by atoms with E-state index in [1.54, 1.807) is 0 Å². The van der Waals surface area contributed by atoms with Crippen LogP contribution >= 0.6 is 12.2 Å². The third-order valence-corrected chi connectivity index (χ3v) is 3.08. The first-order valence-electron chi connectivity index (χ1n) is 5.72. The molecule has 2 aromatic rings.